The predicted molar refractivity (Wildman–Crippen MR) is 81.0 cm³/mol. The highest BCUT2D eigenvalue weighted by atomic mass is 35.5. The zero-order chi connectivity index (χ0) is 17.6. The van der Waals surface area contributed by atoms with Crippen molar-refractivity contribution >= 4 is 28.8 Å². The van der Waals surface area contributed by atoms with Crippen LogP contribution in [0.2, 0.25) is 4.47 Å². The smallest absolute Gasteiger partial charge is 0.328 e. The van der Waals surface area contributed by atoms with Gasteiger partial charge in [-0.3, -0.25) is 4.79 Å². The summed E-state index contributed by atoms with van der Waals surface area (Å²) in [5, 5.41) is 6.77. The number of aromatic nitrogens is 4. The Bertz CT molecular complexity index is 785. The van der Waals surface area contributed by atoms with Crippen LogP contribution in [0, 0.1) is 0 Å². The summed E-state index contributed by atoms with van der Waals surface area (Å²) in [6, 6.07) is 0. The summed E-state index contributed by atoms with van der Waals surface area (Å²) in [5.41, 5.74) is 0.254. The fourth-order valence-corrected chi connectivity index (χ4v) is 3.66. The number of carbonyl (C=O) groups is 1. The average Bonchev–Trinajstić information content (AvgIpc) is 3.08. The standard InChI is InChI=1S/C13H13ClF3N5OS/c1-6(2)9-8(18-12(14)24-9)10(23)21-3-4-22-7(5-21)19-20-11(22)13(15,16)17/h6H,3-5H2,1-2H3. The number of alkyl halides is 3. The number of carbonyl (C=O) groups excluding carboxylic acids is 1. The van der Waals surface area contributed by atoms with Gasteiger partial charge in [-0.1, -0.05) is 25.4 Å². The fourth-order valence-electron chi connectivity index (χ4n) is 2.54. The first-order valence-electron chi connectivity index (χ1n) is 7.13. The molecule has 3 rings (SSSR count). The third kappa shape index (κ3) is 3.00. The number of amides is 1. The molecule has 0 saturated heterocycles. The van der Waals surface area contributed by atoms with Crippen LogP contribution in [0.3, 0.4) is 0 Å². The minimum absolute atomic E-state index is 0.0161. The lowest BCUT2D eigenvalue weighted by atomic mass is 10.1. The Hall–Kier alpha value is -1.68. The van der Waals surface area contributed by atoms with Crippen LogP contribution in [0.15, 0.2) is 0 Å². The Morgan fingerprint density at radius 2 is 2.00 bits per heavy atom. The number of fused-ring (bicyclic) bond motifs is 1. The lowest BCUT2D eigenvalue weighted by Crippen LogP contribution is -2.39. The van der Waals surface area contributed by atoms with Gasteiger partial charge < -0.3 is 9.47 Å². The molecule has 2 aromatic rings. The maximum Gasteiger partial charge on any atom is 0.451 e. The molecule has 1 amide bonds. The van der Waals surface area contributed by atoms with Gasteiger partial charge in [0.15, 0.2) is 10.3 Å². The third-order valence-corrected chi connectivity index (χ3v) is 5.11. The van der Waals surface area contributed by atoms with Crippen LogP contribution >= 0.6 is 22.9 Å². The van der Waals surface area contributed by atoms with Crippen LogP contribution in [-0.4, -0.2) is 37.1 Å². The summed E-state index contributed by atoms with van der Waals surface area (Å²) >= 11 is 7.15. The Morgan fingerprint density at radius 1 is 1.29 bits per heavy atom. The van der Waals surface area contributed by atoms with E-state index >= 15 is 0 Å². The van der Waals surface area contributed by atoms with E-state index in [9.17, 15) is 18.0 Å². The maximum absolute atomic E-state index is 12.8. The highest BCUT2D eigenvalue weighted by Crippen LogP contribution is 2.32. The molecule has 3 heterocycles. The van der Waals surface area contributed by atoms with Crippen molar-refractivity contribution in [1.82, 2.24) is 24.6 Å². The van der Waals surface area contributed by atoms with Crippen LogP contribution in [0.4, 0.5) is 13.2 Å². The van der Waals surface area contributed by atoms with Gasteiger partial charge in [0.1, 0.15) is 5.69 Å². The minimum atomic E-state index is -4.56. The van der Waals surface area contributed by atoms with Crippen molar-refractivity contribution < 1.29 is 18.0 Å². The molecule has 1 aliphatic heterocycles. The fraction of sp³-hybridized carbons (Fsp3) is 0.538. The van der Waals surface area contributed by atoms with Crippen LogP contribution < -0.4 is 0 Å². The van der Waals surface area contributed by atoms with Gasteiger partial charge in [-0.05, 0) is 5.92 Å². The van der Waals surface area contributed by atoms with Gasteiger partial charge in [-0.15, -0.1) is 21.5 Å². The molecule has 0 saturated carbocycles. The first-order chi connectivity index (χ1) is 11.2. The molecule has 0 bridgehead atoms. The van der Waals surface area contributed by atoms with Gasteiger partial charge in [-0.25, -0.2) is 4.98 Å². The predicted octanol–water partition coefficient (Wildman–Crippen LogP) is 3.19. The summed E-state index contributed by atoms with van der Waals surface area (Å²) in [5.74, 6) is -1.22. The molecule has 11 heteroatoms. The van der Waals surface area contributed by atoms with Gasteiger partial charge in [0, 0.05) is 18.0 Å². The molecule has 0 unspecified atom stereocenters. The van der Waals surface area contributed by atoms with E-state index in [0.717, 1.165) is 9.44 Å². The summed E-state index contributed by atoms with van der Waals surface area (Å²) in [6.07, 6.45) is -4.56. The zero-order valence-corrected chi connectivity index (χ0v) is 14.3. The Kier molecular flexibility index (Phi) is 4.28. The maximum atomic E-state index is 12.8. The van der Waals surface area contributed by atoms with E-state index in [0.29, 0.717) is 0 Å². The number of thiazole rings is 1. The van der Waals surface area contributed by atoms with E-state index in [1.54, 1.807) is 0 Å². The monoisotopic (exact) mass is 379 g/mol. The van der Waals surface area contributed by atoms with Crippen molar-refractivity contribution in [2.75, 3.05) is 6.54 Å². The van der Waals surface area contributed by atoms with Crippen LogP contribution in [0.5, 0.6) is 0 Å². The van der Waals surface area contributed by atoms with Gasteiger partial charge in [0.05, 0.1) is 6.54 Å². The first kappa shape index (κ1) is 17.2. The largest absolute Gasteiger partial charge is 0.451 e. The molecule has 130 valence electrons. The molecule has 0 fully saturated rings. The van der Waals surface area contributed by atoms with Gasteiger partial charge in [0.25, 0.3) is 5.91 Å². The van der Waals surface area contributed by atoms with Crippen molar-refractivity contribution in [2.24, 2.45) is 0 Å². The lowest BCUT2D eigenvalue weighted by molar-refractivity contribution is -0.147. The van der Waals surface area contributed by atoms with E-state index in [-0.39, 0.29) is 47.4 Å². The second kappa shape index (κ2) is 5.99. The zero-order valence-electron chi connectivity index (χ0n) is 12.8. The highest BCUT2D eigenvalue weighted by Gasteiger charge is 2.40. The van der Waals surface area contributed by atoms with Crippen molar-refractivity contribution in [3.8, 4) is 0 Å². The third-order valence-electron chi connectivity index (χ3n) is 3.65. The molecule has 0 spiro atoms. The molecule has 6 nitrogen and oxygen atoms in total. The second-order valence-electron chi connectivity index (χ2n) is 5.65. The van der Waals surface area contributed by atoms with Gasteiger partial charge in [-0.2, -0.15) is 13.2 Å². The quantitative estimate of drug-likeness (QED) is 0.804. The van der Waals surface area contributed by atoms with Crippen LogP contribution in [0.1, 0.15) is 46.8 Å². The van der Waals surface area contributed by atoms with Crippen molar-refractivity contribution in [1.29, 1.82) is 0 Å². The number of hydrogen-bond acceptors (Lipinski definition) is 5. The Morgan fingerprint density at radius 3 is 2.62 bits per heavy atom. The van der Waals surface area contributed by atoms with Gasteiger partial charge >= 0.3 is 6.18 Å². The molecule has 0 atom stereocenters. The summed E-state index contributed by atoms with van der Waals surface area (Å²) in [7, 11) is 0. The lowest BCUT2D eigenvalue weighted by Gasteiger charge is -2.27. The van der Waals surface area contributed by atoms with E-state index < -0.39 is 12.0 Å². The van der Waals surface area contributed by atoms with Crippen molar-refractivity contribution in [3.05, 3.63) is 26.7 Å². The average molecular weight is 380 g/mol. The highest BCUT2D eigenvalue weighted by molar-refractivity contribution is 7.16. The molecular weight excluding hydrogens is 367 g/mol. The number of rotatable bonds is 2. The van der Waals surface area contributed by atoms with Crippen molar-refractivity contribution in [3.63, 3.8) is 0 Å². The summed E-state index contributed by atoms with van der Waals surface area (Å²) < 4.78 is 39.8. The normalized spacial score (nSPS) is 15.0. The van der Waals surface area contributed by atoms with E-state index in [4.69, 9.17) is 11.6 Å². The first-order valence-corrected chi connectivity index (χ1v) is 8.32. The summed E-state index contributed by atoms with van der Waals surface area (Å²) in [6.45, 7) is 3.90. The number of nitrogens with zero attached hydrogens (tertiary/aromatic N) is 5. The summed E-state index contributed by atoms with van der Waals surface area (Å²) in [4.78, 5) is 18.9. The van der Waals surface area contributed by atoms with E-state index in [1.165, 1.54) is 16.2 Å². The Balaban J connectivity index is 1.86. The van der Waals surface area contributed by atoms with E-state index in [2.05, 4.69) is 15.2 Å². The van der Waals surface area contributed by atoms with E-state index in [1.807, 2.05) is 13.8 Å². The molecule has 0 N–H and O–H groups in total. The molecule has 24 heavy (non-hydrogen) atoms. The second-order valence-corrected chi connectivity index (χ2v) is 7.26. The van der Waals surface area contributed by atoms with Crippen LogP contribution in [0.25, 0.3) is 0 Å². The molecule has 0 aromatic carbocycles. The SMILES string of the molecule is CC(C)c1sc(Cl)nc1C(=O)N1CCn2c(nnc2C(F)(F)F)C1. The topological polar surface area (TPSA) is 63.9 Å². The van der Waals surface area contributed by atoms with Crippen molar-refractivity contribution in [2.45, 2.75) is 39.0 Å². The number of halogens is 4. The number of hydrogen-bond donors (Lipinski definition) is 0. The molecule has 0 aliphatic carbocycles. The molecule has 2 aromatic heterocycles. The molecular formula is C13H13ClF3N5OS. The van der Waals surface area contributed by atoms with Gasteiger partial charge in [0.2, 0.25) is 5.82 Å². The Labute approximate surface area is 144 Å². The minimum Gasteiger partial charge on any atom is -0.328 e. The molecule has 1 aliphatic rings. The van der Waals surface area contributed by atoms with Crippen LogP contribution in [-0.2, 0) is 19.3 Å². The molecule has 0 radical (unpaired) electrons.